The molecule has 0 saturated carbocycles. The highest BCUT2D eigenvalue weighted by Gasteiger charge is 2.43. The zero-order valence-electron chi connectivity index (χ0n) is 19.6. The van der Waals surface area contributed by atoms with Crippen LogP contribution in [0.2, 0.25) is 0 Å². The Morgan fingerprint density at radius 1 is 0.971 bits per heavy atom. The lowest BCUT2D eigenvalue weighted by molar-refractivity contribution is 0.0523. The third-order valence-corrected chi connectivity index (χ3v) is 7.86. The minimum absolute atomic E-state index is 0.202. The van der Waals surface area contributed by atoms with Gasteiger partial charge in [0.25, 0.3) is 5.91 Å². The summed E-state index contributed by atoms with van der Waals surface area (Å²) in [6.07, 6.45) is 13.1. The third-order valence-electron chi connectivity index (χ3n) is 7.86. The molecule has 2 bridgehead atoms. The van der Waals surface area contributed by atoms with Crippen LogP contribution in [0.1, 0.15) is 53.0 Å². The minimum Gasteiger partial charge on any atom is -0.333 e. The third kappa shape index (κ3) is 3.79. The van der Waals surface area contributed by atoms with Crippen molar-refractivity contribution in [2.24, 2.45) is 5.92 Å². The molecule has 2 aliphatic rings. The minimum atomic E-state index is 0.202. The molecule has 2 aromatic heterocycles. The molecule has 4 heterocycles. The largest absolute Gasteiger partial charge is 0.333 e. The fourth-order valence-electron chi connectivity index (χ4n) is 6.21. The molecular formula is C29H30N4O. The molecular weight excluding hydrogens is 420 g/mol. The second-order valence-corrected chi connectivity index (χ2v) is 9.91. The molecule has 2 atom stereocenters. The first-order valence-electron chi connectivity index (χ1n) is 12.4. The van der Waals surface area contributed by atoms with E-state index in [2.05, 4.69) is 49.8 Å². The van der Waals surface area contributed by atoms with Crippen molar-refractivity contribution in [1.29, 1.82) is 0 Å². The van der Waals surface area contributed by atoms with Crippen molar-refractivity contribution < 1.29 is 4.79 Å². The Bertz CT molecular complexity index is 1320. The molecule has 6 rings (SSSR count). The van der Waals surface area contributed by atoms with E-state index < -0.39 is 0 Å². The maximum Gasteiger partial charge on any atom is 0.254 e. The van der Waals surface area contributed by atoms with Gasteiger partial charge in [-0.25, -0.2) is 4.98 Å². The first-order valence-corrected chi connectivity index (χ1v) is 12.4. The average molecular weight is 451 g/mol. The number of imidazole rings is 1. The van der Waals surface area contributed by atoms with Crippen molar-refractivity contribution in [3.05, 3.63) is 95.8 Å². The Hall–Kier alpha value is -3.47. The van der Waals surface area contributed by atoms with E-state index in [1.165, 1.54) is 16.3 Å². The predicted octanol–water partition coefficient (Wildman–Crippen LogP) is 5.41. The lowest BCUT2D eigenvalue weighted by atomic mass is 9.84. The molecule has 2 unspecified atom stereocenters. The normalized spacial score (nSPS) is 21.8. The monoisotopic (exact) mass is 450 g/mol. The Balaban J connectivity index is 1.21. The smallest absolute Gasteiger partial charge is 0.254 e. The van der Waals surface area contributed by atoms with Gasteiger partial charge in [0.15, 0.2) is 0 Å². The number of fused-ring (bicyclic) bond motifs is 3. The molecule has 0 N–H and O–H groups in total. The van der Waals surface area contributed by atoms with Gasteiger partial charge in [0.05, 0.1) is 0 Å². The number of hydrogen-bond donors (Lipinski definition) is 0. The van der Waals surface area contributed by atoms with Crippen LogP contribution in [0.25, 0.3) is 10.8 Å². The lowest BCUT2D eigenvalue weighted by Gasteiger charge is -2.39. The topological polar surface area (TPSA) is 51.0 Å². The second kappa shape index (κ2) is 8.71. The lowest BCUT2D eigenvalue weighted by Crippen LogP contribution is -2.47. The summed E-state index contributed by atoms with van der Waals surface area (Å²) >= 11 is 0. The number of benzene rings is 2. The maximum absolute atomic E-state index is 13.8. The maximum atomic E-state index is 13.8. The van der Waals surface area contributed by atoms with E-state index >= 15 is 0 Å². The van der Waals surface area contributed by atoms with Crippen LogP contribution in [0.3, 0.4) is 0 Å². The van der Waals surface area contributed by atoms with Crippen LogP contribution in [0.15, 0.2) is 73.3 Å². The van der Waals surface area contributed by atoms with Gasteiger partial charge >= 0.3 is 0 Å². The summed E-state index contributed by atoms with van der Waals surface area (Å²) in [4.78, 5) is 24.7. The van der Waals surface area contributed by atoms with E-state index in [4.69, 9.17) is 0 Å². The van der Waals surface area contributed by atoms with Crippen molar-refractivity contribution in [2.75, 3.05) is 0 Å². The van der Waals surface area contributed by atoms with Gasteiger partial charge in [-0.1, -0.05) is 36.4 Å². The molecule has 0 radical (unpaired) electrons. The van der Waals surface area contributed by atoms with E-state index in [9.17, 15) is 4.79 Å². The molecule has 5 nitrogen and oxygen atoms in total. The highest BCUT2D eigenvalue weighted by Crippen LogP contribution is 2.41. The van der Waals surface area contributed by atoms with E-state index in [1.54, 1.807) is 0 Å². The predicted molar refractivity (Wildman–Crippen MR) is 134 cm³/mol. The van der Waals surface area contributed by atoms with Crippen LogP contribution in [0, 0.1) is 12.8 Å². The highest BCUT2D eigenvalue weighted by atomic mass is 16.2. The van der Waals surface area contributed by atoms with Crippen LogP contribution in [0.4, 0.5) is 0 Å². The number of pyridine rings is 1. The Morgan fingerprint density at radius 3 is 2.56 bits per heavy atom. The summed E-state index contributed by atoms with van der Waals surface area (Å²) in [5.41, 5.74) is 3.29. The van der Waals surface area contributed by atoms with Gasteiger partial charge in [-0.15, -0.1) is 0 Å². The summed E-state index contributed by atoms with van der Waals surface area (Å²) in [5.74, 6) is 1.77. The molecule has 34 heavy (non-hydrogen) atoms. The van der Waals surface area contributed by atoms with E-state index in [-0.39, 0.29) is 5.91 Å². The Morgan fingerprint density at radius 2 is 1.76 bits per heavy atom. The van der Waals surface area contributed by atoms with E-state index in [1.807, 2.05) is 49.9 Å². The van der Waals surface area contributed by atoms with E-state index in [0.29, 0.717) is 24.5 Å². The van der Waals surface area contributed by atoms with Crippen LogP contribution >= 0.6 is 0 Å². The number of aromatic nitrogens is 3. The second-order valence-electron chi connectivity index (χ2n) is 9.91. The molecule has 0 aliphatic carbocycles. The van der Waals surface area contributed by atoms with Crippen LogP contribution in [-0.2, 0) is 13.0 Å². The number of hydrogen-bond acceptors (Lipinski definition) is 3. The molecule has 172 valence electrons. The number of piperidine rings is 1. The molecule has 2 saturated heterocycles. The van der Waals surface area contributed by atoms with Gasteiger partial charge in [0, 0.05) is 54.4 Å². The van der Waals surface area contributed by atoms with Gasteiger partial charge in [0.2, 0.25) is 0 Å². The molecule has 0 spiro atoms. The SMILES string of the molecule is Cc1nccn1Cc1ccccc1C(=O)N1C2CCC1CC(Cc1cccc3ccncc13)C2. The van der Waals surface area contributed by atoms with Crippen LogP contribution in [0.5, 0.6) is 0 Å². The summed E-state index contributed by atoms with van der Waals surface area (Å²) in [7, 11) is 0. The van der Waals surface area contributed by atoms with Gasteiger partial charge < -0.3 is 9.47 Å². The summed E-state index contributed by atoms with van der Waals surface area (Å²) < 4.78 is 2.10. The molecule has 2 fully saturated rings. The van der Waals surface area contributed by atoms with Crippen LogP contribution in [-0.4, -0.2) is 37.4 Å². The highest BCUT2D eigenvalue weighted by molar-refractivity contribution is 5.96. The Labute approximate surface area is 200 Å². The summed E-state index contributed by atoms with van der Waals surface area (Å²) in [5, 5.41) is 2.52. The molecule has 2 aromatic carbocycles. The Kier molecular flexibility index (Phi) is 5.40. The average Bonchev–Trinajstić information content (AvgIpc) is 3.38. The van der Waals surface area contributed by atoms with Crippen LogP contribution < -0.4 is 0 Å². The molecule has 4 aromatic rings. The first-order chi connectivity index (χ1) is 16.7. The van der Waals surface area contributed by atoms with Crippen molar-refractivity contribution in [2.45, 2.75) is 57.7 Å². The molecule has 1 amide bonds. The first kappa shape index (κ1) is 21.1. The summed E-state index contributed by atoms with van der Waals surface area (Å²) in [6.45, 7) is 2.68. The van der Waals surface area contributed by atoms with E-state index in [0.717, 1.165) is 49.1 Å². The van der Waals surface area contributed by atoms with Crippen molar-refractivity contribution in [3.63, 3.8) is 0 Å². The number of rotatable bonds is 5. The molecule has 2 aliphatic heterocycles. The van der Waals surface area contributed by atoms with Crippen molar-refractivity contribution in [1.82, 2.24) is 19.4 Å². The van der Waals surface area contributed by atoms with Crippen molar-refractivity contribution >= 4 is 16.7 Å². The molecule has 5 heteroatoms. The zero-order valence-corrected chi connectivity index (χ0v) is 19.6. The fraction of sp³-hybridized carbons (Fsp3) is 0.345. The number of carbonyl (C=O) groups excluding carboxylic acids is 1. The van der Waals surface area contributed by atoms with Gasteiger partial charge in [-0.2, -0.15) is 0 Å². The van der Waals surface area contributed by atoms with Crippen molar-refractivity contribution in [3.8, 4) is 0 Å². The van der Waals surface area contributed by atoms with Gasteiger partial charge in [-0.05, 0) is 73.6 Å². The quantitative estimate of drug-likeness (QED) is 0.408. The van der Waals surface area contributed by atoms with Gasteiger partial charge in [0.1, 0.15) is 5.82 Å². The summed E-state index contributed by atoms with van der Waals surface area (Å²) in [6, 6.07) is 17.4. The number of aryl methyl sites for hydroxylation is 1. The van der Waals surface area contributed by atoms with Gasteiger partial charge in [-0.3, -0.25) is 9.78 Å². The fourth-order valence-corrected chi connectivity index (χ4v) is 6.21. The zero-order chi connectivity index (χ0) is 23.1. The number of amides is 1. The number of nitrogens with zero attached hydrogens (tertiary/aromatic N) is 4. The number of carbonyl (C=O) groups is 1. The standard InChI is InChI=1S/C29H30N4O/c1-20-31-13-14-32(20)19-24-5-2-3-8-27(24)29(34)33-25-9-10-26(33)17-21(16-25)15-23-7-4-6-22-11-12-30-18-28(22)23/h2-8,11-14,18,21,25-26H,9-10,15-17,19H2,1H3.